The van der Waals surface area contributed by atoms with Gasteiger partial charge in [0.15, 0.2) is 6.10 Å². The van der Waals surface area contributed by atoms with E-state index in [9.17, 15) is 14.7 Å². The molecule has 0 aliphatic rings. The molecule has 0 unspecified atom stereocenters. The Morgan fingerprint density at radius 3 is 1.48 bits per heavy atom. The summed E-state index contributed by atoms with van der Waals surface area (Å²) in [6.45, 7) is 3.91. The summed E-state index contributed by atoms with van der Waals surface area (Å²) < 4.78 is 10.5. The van der Waals surface area contributed by atoms with Crippen LogP contribution in [0.5, 0.6) is 0 Å². The Bertz CT molecular complexity index is 906. The lowest BCUT2D eigenvalue weighted by molar-refractivity contribution is -0.161. The number of aliphatic hydroxyl groups excluding tert-OH is 1. The lowest BCUT2D eigenvalue weighted by Crippen LogP contribution is -2.28. The summed E-state index contributed by atoms with van der Waals surface area (Å²) in [7, 11) is 0. The zero-order chi connectivity index (χ0) is 33.6. The molecule has 0 radical (unpaired) electrons. The molecule has 0 aromatic heterocycles. The number of ether oxygens (including phenoxy) is 2. The number of allylic oxidation sites excluding steroid dienone is 14. The van der Waals surface area contributed by atoms with Crippen molar-refractivity contribution in [3.05, 3.63) is 85.1 Å². The van der Waals surface area contributed by atoms with Gasteiger partial charge in [0.2, 0.25) is 0 Å². The van der Waals surface area contributed by atoms with Crippen LogP contribution in [-0.2, 0) is 19.1 Å². The molecule has 5 heteroatoms. The van der Waals surface area contributed by atoms with E-state index in [4.69, 9.17) is 9.47 Å². The number of hydrogen-bond acceptors (Lipinski definition) is 5. The Hall–Kier alpha value is -2.92. The summed E-state index contributed by atoms with van der Waals surface area (Å²) in [5.74, 6) is -0.711. The third kappa shape index (κ3) is 34.0. The number of rotatable bonds is 31. The average Bonchev–Trinajstić information content (AvgIpc) is 3.06. The van der Waals surface area contributed by atoms with Crippen LogP contribution in [0.25, 0.3) is 0 Å². The Morgan fingerprint density at radius 2 is 0.957 bits per heavy atom. The van der Waals surface area contributed by atoms with Crippen LogP contribution in [0, 0.1) is 0 Å². The van der Waals surface area contributed by atoms with E-state index in [1.165, 1.54) is 44.9 Å². The predicted molar refractivity (Wildman–Crippen MR) is 196 cm³/mol. The Labute approximate surface area is 282 Å². The molecule has 0 saturated carbocycles. The monoisotopic (exact) mass is 638 g/mol. The van der Waals surface area contributed by atoms with Crippen LogP contribution in [-0.4, -0.2) is 36.4 Å². The third-order valence-electron chi connectivity index (χ3n) is 7.17. The highest BCUT2D eigenvalue weighted by Crippen LogP contribution is 2.08. The van der Waals surface area contributed by atoms with Gasteiger partial charge in [-0.25, -0.2) is 0 Å². The van der Waals surface area contributed by atoms with E-state index in [0.29, 0.717) is 12.8 Å². The van der Waals surface area contributed by atoms with Crippen molar-refractivity contribution in [1.82, 2.24) is 0 Å². The number of aliphatic hydroxyl groups is 1. The Kier molecular flexibility index (Phi) is 34.2. The van der Waals surface area contributed by atoms with Gasteiger partial charge in [0.05, 0.1) is 6.61 Å². The van der Waals surface area contributed by atoms with Crippen molar-refractivity contribution < 1.29 is 24.2 Å². The van der Waals surface area contributed by atoms with E-state index in [1.54, 1.807) is 0 Å². The van der Waals surface area contributed by atoms with Crippen molar-refractivity contribution in [3.63, 3.8) is 0 Å². The minimum absolute atomic E-state index is 0.113. The zero-order valence-corrected chi connectivity index (χ0v) is 29.3. The summed E-state index contributed by atoms with van der Waals surface area (Å²) in [5.41, 5.74) is 0. The normalized spacial score (nSPS) is 13.2. The van der Waals surface area contributed by atoms with Crippen LogP contribution in [0.2, 0.25) is 0 Å². The van der Waals surface area contributed by atoms with Gasteiger partial charge in [0, 0.05) is 12.8 Å². The summed E-state index contributed by atoms with van der Waals surface area (Å²) in [4.78, 5) is 24.1. The lowest BCUT2D eigenvalue weighted by atomic mass is 10.1. The molecule has 1 atom stereocenters. The van der Waals surface area contributed by atoms with Gasteiger partial charge in [-0.1, -0.05) is 131 Å². The molecule has 0 aliphatic heterocycles. The second-order valence-electron chi connectivity index (χ2n) is 11.6. The smallest absolute Gasteiger partial charge is 0.306 e. The van der Waals surface area contributed by atoms with Gasteiger partial charge >= 0.3 is 11.9 Å². The molecule has 0 heterocycles. The van der Waals surface area contributed by atoms with Crippen molar-refractivity contribution in [3.8, 4) is 0 Å². The first-order valence-electron chi connectivity index (χ1n) is 18.1. The van der Waals surface area contributed by atoms with Crippen molar-refractivity contribution >= 4 is 11.9 Å². The summed E-state index contributed by atoms with van der Waals surface area (Å²) in [5, 5.41) is 9.52. The van der Waals surface area contributed by atoms with E-state index in [1.807, 2.05) is 0 Å². The first-order valence-corrected chi connectivity index (χ1v) is 18.1. The summed E-state index contributed by atoms with van der Waals surface area (Å²) in [6.07, 6.45) is 49.3. The van der Waals surface area contributed by atoms with Gasteiger partial charge in [-0.2, -0.15) is 0 Å². The van der Waals surface area contributed by atoms with E-state index in [2.05, 4.69) is 98.9 Å². The molecule has 5 nitrogen and oxygen atoms in total. The number of esters is 2. The quantitative estimate of drug-likeness (QED) is 0.0465. The fourth-order valence-corrected chi connectivity index (χ4v) is 4.44. The van der Waals surface area contributed by atoms with Crippen molar-refractivity contribution in [1.29, 1.82) is 0 Å². The first-order chi connectivity index (χ1) is 22.6. The summed E-state index contributed by atoms with van der Waals surface area (Å²) >= 11 is 0. The third-order valence-corrected chi connectivity index (χ3v) is 7.17. The SMILES string of the molecule is CCC=CCC=CCC=CCC=CCCCCC(=O)OC[C@H](CO)OC(=O)CCCC=CCC=CCC=CCCCCCCCC. The highest BCUT2D eigenvalue weighted by atomic mass is 16.6. The van der Waals surface area contributed by atoms with Crippen LogP contribution >= 0.6 is 0 Å². The molecule has 1 N–H and O–H groups in total. The second kappa shape index (κ2) is 36.5. The predicted octanol–water partition coefficient (Wildman–Crippen LogP) is 11.2. The van der Waals surface area contributed by atoms with Gasteiger partial charge < -0.3 is 14.6 Å². The fraction of sp³-hybridized carbons (Fsp3) is 0.610. The van der Waals surface area contributed by atoms with Crippen LogP contribution < -0.4 is 0 Å². The molecule has 260 valence electrons. The lowest BCUT2D eigenvalue weighted by Gasteiger charge is -2.15. The topological polar surface area (TPSA) is 72.8 Å². The Morgan fingerprint density at radius 1 is 0.522 bits per heavy atom. The van der Waals surface area contributed by atoms with E-state index < -0.39 is 6.10 Å². The molecule has 0 aliphatic carbocycles. The van der Waals surface area contributed by atoms with Gasteiger partial charge in [-0.15, -0.1) is 0 Å². The highest BCUT2D eigenvalue weighted by Gasteiger charge is 2.15. The highest BCUT2D eigenvalue weighted by molar-refractivity contribution is 5.70. The minimum Gasteiger partial charge on any atom is -0.462 e. The van der Waals surface area contributed by atoms with E-state index >= 15 is 0 Å². The Balaban J connectivity index is 3.77. The fourth-order valence-electron chi connectivity index (χ4n) is 4.44. The molecule has 0 spiro atoms. The van der Waals surface area contributed by atoms with Crippen molar-refractivity contribution in [2.45, 2.75) is 148 Å². The molecule has 0 bridgehead atoms. The largest absolute Gasteiger partial charge is 0.462 e. The molecule has 0 aromatic rings. The van der Waals surface area contributed by atoms with Gasteiger partial charge in [-0.05, 0) is 83.5 Å². The van der Waals surface area contributed by atoms with Crippen LogP contribution in [0.3, 0.4) is 0 Å². The summed E-state index contributed by atoms with van der Waals surface area (Å²) in [6, 6.07) is 0. The van der Waals surface area contributed by atoms with E-state index in [0.717, 1.165) is 64.2 Å². The van der Waals surface area contributed by atoms with Gasteiger partial charge in [0.1, 0.15) is 6.61 Å². The molecule has 0 fully saturated rings. The maximum atomic E-state index is 12.1. The average molecular weight is 639 g/mol. The van der Waals surface area contributed by atoms with E-state index in [-0.39, 0.29) is 31.6 Å². The van der Waals surface area contributed by atoms with Gasteiger partial charge in [-0.3, -0.25) is 9.59 Å². The standard InChI is InChI=1S/C41H66O5/c1-3-5-7-9-11-13-15-17-19-20-22-24-26-28-30-32-34-36-41(44)46-39(37-42)38-45-40(43)35-33-31-29-27-25-23-21-18-16-14-12-10-8-6-4-2/h6,8,12,14,17-19,21-22,24-25,27-28,30,39,42H,3-5,7,9-11,13,15-16,20,23,26,29,31-38H2,1-2H3/t39-/m0/s1. The van der Waals surface area contributed by atoms with Crippen molar-refractivity contribution in [2.75, 3.05) is 13.2 Å². The zero-order valence-electron chi connectivity index (χ0n) is 29.3. The minimum atomic E-state index is -0.818. The maximum Gasteiger partial charge on any atom is 0.306 e. The maximum absolute atomic E-state index is 12.1. The van der Waals surface area contributed by atoms with Crippen LogP contribution in [0.15, 0.2) is 85.1 Å². The molecule has 0 amide bonds. The van der Waals surface area contributed by atoms with Gasteiger partial charge in [0.25, 0.3) is 0 Å². The number of carbonyl (C=O) groups excluding carboxylic acids is 2. The molecule has 0 rings (SSSR count). The molecular formula is C41H66O5. The molecule has 46 heavy (non-hydrogen) atoms. The molecule has 0 aromatic carbocycles. The number of hydrogen-bond donors (Lipinski definition) is 1. The first kappa shape index (κ1) is 43.1. The second-order valence-corrected chi connectivity index (χ2v) is 11.6. The number of carbonyl (C=O) groups is 2. The molecular weight excluding hydrogens is 572 g/mol. The number of unbranched alkanes of at least 4 members (excludes halogenated alkanes) is 9. The molecule has 0 saturated heterocycles. The van der Waals surface area contributed by atoms with Crippen LogP contribution in [0.1, 0.15) is 142 Å². The van der Waals surface area contributed by atoms with Crippen molar-refractivity contribution in [2.24, 2.45) is 0 Å². The van der Waals surface area contributed by atoms with Crippen LogP contribution in [0.4, 0.5) is 0 Å².